The van der Waals surface area contributed by atoms with Crippen molar-refractivity contribution in [1.82, 2.24) is 4.90 Å². The maximum atomic E-state index is 13.7. The first kappa shape index (κ1) is 22.9. The summed E-state index contributed by atoms with van der Waals surface area (Å²) >= 11 is 0. The number of methoxy groups -OCH3 is 1. The summed E-state index contributed by atoms with van der Waals surface area (Å²) in [5.41, 5.74) is 6.52. The van der Waals surface area contributed by atoms with Crippen LogP contribution in [0.1, 0.15) is 28.3 Å². The van der Waals surface area contributed by atoms with Crippen molar-refractivity contribution in [3.8, 4) is 5.75 Å². The van der Waals surface area contributed by atoms with Crippen LogP contribution >= 0.6 is 0 Å². The molecule has 0 bridgehead atoms. The summed E-state index contributed by atoms with van der Waals surface area (Å²) in [6, 6.07) is 22.2. The number of nitrogens with zero attached hydrogens (tertiary/aromatic N) is 2. The number of aryl methyl sites for hydroxylation is 3. The molecule has 1 fully saturated rings. The van der Waals surface area contributed by atoms with E-state index in [-0.39, 0.29) is 11.9 Å². The average Bonchev–Trinajstić information content (AvgIpc) is 2.83. The number of para-hydroxylation sites is 1. The molecule has 0 radical (unpaired) electrons. The molecule has 1 amide bonds. The first-order chi connectivity index (χ1) is 16.0. The highest BCUT2D eigenvalue weighted by Crippen LogP contribution is 2.29. The van der Waals surface area contributed by atoms with E-state index in [0.717, 1.165) is 54.3 Å². The zero-order valence-electron chi connectivity index (χ0n) is 20.0. The van der Waals surface area contributed by atoms with Gasteiger partial charge in [0.05, 0.1) is 7.11 Å². The summed E-state index contributed by atoms with van der Waals surface area (Å²) in [5.74, 6) is 0.790. The number of nitrogens with one attached hydrogen (secondary N) is 1. The van der Waals surface area contributed by atoms with Crippen LogP contribution in [0.15, 0.2) is 66.7 Å². The number of benzene rings is 3. The molecule has 5 nitrogen and oxygen atoms in total. The van der Waals surface area contributed by atoms with Gasteiger partial charge < -0.3 is 15.0 Å². The summed E-state index contributed by atoms with van der Waals surface area (Å²) in [6.45, 7) is 9.56. The Morgan fingerprint density at radius 3 is 2.03 bits per heavy atom. The topological polar surface area (TPSA) is 44.8 Å². The van der Waals surface area contributed by atoms with Crippen molar-refractivity contribution in [2.24, 2.45) is 0 Å². The lowest BCUT2D eigenvalue weighted by atomic mass is 10.0. The van der Waals surface area contributed by atoms with Crippen molar-refractivity contribution in [2.75, 3.05) is 43.5 Å². The number of amides is 1. The molecule has 1 saturated heterocycles. The van der Waals surface area contributed by atoms with Gasteiger partial charge in [-0.3, -0.25) is 9.69 Å². The quantitative estimate of drug-likeness (QED) is 0.574. The fourth-order valence-electron chi connectivity index (χ4n) is 4.51. The first-order valence-corrected chi connectivity index (χ1v) is 11.5. The van der Waals surface area contributed by atoms with Crippen LogP contribution in [-0.4, -0.2) is 44.1 Å². The Balaban J connectivity index is 1.56. The lowest BCUT2D eigenvalue weighted by Gasteiger charge is -2.40. The summed E-state index contributed by atoms with van der Waals surface area (Å²) in [6.07, 6.45) is 0. The first-order valence-electron chi connectivity index (χ1n) is 11.5. The molecule has 33 heavy (non-hydrogen) atoms. The second-order valence-electron chi connectivity index (χ2n) is 8.79. The Morgan fingerprint density at radius 2 is 1.45 bits per heavy atom. The third-order valence-electron chi connectivity index (χ3n) is 6.49. The Labute approximate surface area is 197 Å². The van der Waals surface area contributed by atoms with Crippen molar-refractivity contribution in [3.05, 3.63) is 89.0 Å². The zero-order valence-corrected chi connectivity index (χ0v) is 20.0. The minimum atomic E-state index is -0.366. The van der Waals surface area contributed by atoms with Crippen LogP contribution in [0.3, 0.4) is 0 Å². The summed E-state index contributed by atoms with van der Waals surface area (Å²) in [5, 5.41) is 3.23. The number of piperazine rings is 1. The van der Waals surface area contributed by atoms with E-state index in [1.54, 1.807) is 7.11 Å². The molecule has 4 rings (SSSR count). The van der Waals surface area contributed by atoms with Crippen LogP contribution in [-0.2, 0) is 4.79 Å². The predicted molar refractivity (Wildman–Crippen MR) is 135 cm³/mol. The number of ether oxygens (including phenoxy) is 1. The van der Waals surface area contributed by atoms with Crippen LogP contribution in [0.25, 0.3) is 0 Å². The Morgan fingerprint density at radius 1 is 0.848 bits per heavy atom. The summed E-state index contributed by atoms with van der Waals surface area (Å²) in [7, 11) is 1.66. The third-order valence-corrected chi connectivity index (χ3v) is 6.49. The van der Waals surface area contributed by atoms with E-state index >= 15 is 0 Å². The minimum absolute atomic E-state index is 0.00125. The molecule has 1 unspecified atom stereocenters. The van der Waals surface area contributed by atoms with Crippen molar-refractivity contribution in [1.29, 1.82) is 0 Å². The Kier molecular flexibility index (Phi) is 6.99. The number of rotatable bonds is 6. The largest absolute Gasteiger partial charge is 0.497 e. The van der Waals surface area contributed by atoms with Gasteiger partial charge in [0, 0.05) is 37.6 Å². The van der Waals surface area contributed by atoms with Gasteiger partial charge in [0.15, 0.2) is 0 Å². The normalized spacial score (nSPS) is 15.2. The highest BCUT2D eigenvalue weighted by atomic mass is 16.5. The molecule has 1 heterocycles. The third kappa shape index (κ3) is 5.20. The Bertz CT molecular complexity index is 1060. The van der Waals surface area contributed by atoms with E-state index in [0.29, 0.717) is 0 Å². The highest BCUT2D eigenvalue weighted by Gasteiger charge is 2.31. The zero-order chi connectivity index (χ0) is 23.4. The van der Waals surface area contributed by atoms with Crippen LogP contribution in [0.2, 0.25) is 0 Å². The molecule has 0 saturated carbocycles. The molecule has 0 aromatic heterocycles. The standard InChI is InChI=1S/C28H33N3O2/c1-20-8-12-24(13-9-20)30-16-18-31(19-17-30)27(23-10-14-25(33-4)15-11-23)28(32)29-26-21(2)6-5-7-22(26)3/h5-15,27H,16-19H2,1-4H3,(H,29,32). The van der Waals surface area contributed by atoms with E-state index in [2.05, 4.69) is 46.3 Å². The molecule has 1 N–H and O–H groups in total. The molecule has 5 heteroatoms. The highest BCUT2D eigenvalue weighted by molar-refractivity contribution is 5.96. The second kappa shape index (κ2) is 10.1. The minimum Gasteiger partial charge on any atom is -0.497 e. The lowest BCUT2D eigenvalue weighted by molar-refractivity contribution is -0.121. The number of anilines is 2. The van der Waals surface area contributed by atoms with Crippen LogP contribution in [0.5, 0.6) is 5.75 Å². The van der Waals surface area contributed by atoms with E-state index < -0.39 is 0 Å². The Hall–Kier alpha value is -3.31. The van der Waals surface area contributed by atoms with Crippen molar-refractivity contribution in [2.45, 2.75) is 26.8 Å². The van der Waals surface area contributed by atoms with E-state index in [9.17, 15) is 4.79 Å². The predicted octanol–water partition coefficient (Wildman–Crippen LogP) is 5.12. The smallest absolute Gasteiger partial charge is 0.246 e. The number of hydrogen-bond acceptors (Lipinski definition) is 4. The van der Waals surface area contributed by atoms with Gasteiger partial charge in [0.1, 0.15) is 11.8 Å². The molecule has 3 aromatic rings. The van der Waals surface area contributed by atoms with Gasteiger partial charge in [-0.05, 0) is 61.7 Å². The average molecular weight is 444 g/mol. The van der Waals surface area contributed by atoms with Crippen LogP contribution in [0, 0.1) is 20.8 Å². The van der Waals surface area contributed by atoms with Gasteiger partial charge in [-0.25, -0.2) is 0 Å². The van der Waals surface area contributed by atoms with Gasteiger partial charge >= 0.3 is 0 Å². The van der Waals surface area contributed by atoms with Crippen molar-refractivity contribution < 1.29 is 9.53 Å². The number of carbonyl (C=O) groups is 1. The van der Waals surface area contributed by atoms with Crippen molar-refractivity contribution in [3.63, 3.8) is 0 Å². The van der Waals surface area contributed by atoms with Gasteiger partial charge in [-0.2, -0.15) is 0 Å². The van der Waals surface area contributed by atoms with Crippen LogP contribution in [0.4, 0.5) is 11.4 Å². The van der Waals surface area contributed by atoms with Crippen molar-refractivity contribution >= 4 is 17.3 Å². The number of hydrogen-bond donors (Lipinski definition) is 1. The molecule has 1 atom stereocenters. The summed E-state index contributed by atoms with van der Waals surface area (Å²) in [4.78, 5) is 18.3. The maximum absolute atomic E-state index is 13.7. The van der Waals surface area contributed by atoms with E-state index in [1.807, 2.05) is 56.3 Å². The second-order valence-corrected chi connectivity index (χ2v) is 8.79. The van der Waals surface area contributed by atoms with Gasteiger partial charge in [-0.1, -0.05) is 48.0 Å². The van der Waals surface area contributed by atoms with Crippen LogP contribution < -0.4 is 15.0 Å². The monoisotopic (exact) mass is 443 g/mol. The molecular formula is C28H33N3O2. The SMILES string of the molecule is COc1ccc(C(C(=O)Nc2c(C)cccc2C)N2CCN(c3ccc(C)cc3)CC2)cc1. The fourth-order valence-corrected chi connectivity index (χ4v) is 4.51. The molecule has 1 aliphatic rings. The maximum Gasteiger partial charge on any atom is 0.246 e. The van der Waals surface area contributed by atoms with Gasteiger partial charge in [-0.15, -0.1) is 0 Å². The van der Waals surface area contributed by atoms with E-state index in [1.165, 1.54) is 11.3 Å². The van der Waals surface area contributed by atoms with Gasteiger partial charge in [0.2, 0.25) is 5.91 Å². The molecular weight excluding hydrogens is 410 g/mol. The van der Waals surface area contributed by atoms with Gasteiger partial charge in [0.25, 0.3) is 0 Å². The molecule has 0 spiro atoms. The van der Waals surface area contributed by atoms with E-state index in [4.69, 9.17) is 4.74 Å². The fraction of sp³-hybridized carbons (Fsp3) is 0.321. The molecule has 3 aromatic carbocycles. The molecule has 1 aliphatic heterocycles. The molecule has 0 aliphatic carbocycles. The summed E-state index contributed by atoms with van der Waals surface area (Å²) < 4.78 is 5.33. The molecule has 172 valence electrons. The lowest BCUT2D eigenvalue weighted by Crippen LogP contribution is -2.50. The number of carbonyl (C=O) groups excluding carboxylic acids is 1.